The molecule has 0 aromatic heterocycles. The highest BCUT2D eigenvalue weighted by Gasteiger charge is 2.10. The van der Waals surface area contributed by atoms with Gasteiger partial charge in [-0.25, -0.2) is 4.79 Å². The maximum atomic E-state index is 11.7. The van der Waals surface area contributed by atoms with Crippen LogP contribution in [0.4, 0.5) is 4.79 Å². The van der Waals surface area contributed by atoms with Gasteiger partial charge in [0.1, 0.15) is 0 Å². The molecule has 0 saturated heterocycles. The van der Waals surface area contributed by atoms with Crippen LogP contribution in [-0.2, 0) is 0 Å². The zero-order valence-corrected chi connectivity index (χ0v) is 12.2. The number of aryl methyl sites for hydroxylation is 2. The van der Waals surface area contributed by atoms with E-state index in [1.54, 1.807) is 6.92 Å². The lowest BCUT2D eigenvalue weighted by Gasteiger charge is -2.16. The van der Waals surface area contributed by atoms with Crippen LogP contribution in [0.2, 0.25) is 0 Å². The van der Waals surface area contributed by atoms with Crippen molar-refractivity contribution in [2.75, 3.05) is 6.54 Å². The zero-order valence-electron chi connectivity index (χ0n) is 12.2. The summed E-state index contributed by atoms with van der Waals surface area (Å²) in [5.41, 5.74) is 3.49. The number of aliphatic hydroxyl groups is 1. The van der Waals surface area contributed by atoms with E-state index in [4.69, 9.17) is 5.11 Å². The molecule has 0 aliphatic heterocycles. The second kappa shape index (κ2) is 7.14. The third-order valence-electron chi connectivity index (χ3n) is 2.94. The normalized spacial score (nSPS) is 13.7. The van der Waals surface area contributed by atoms with E-state index < -0.39 is 6.10 Å². The molecule has 0 aliphatic carbocycles. The van der Waals surface area contributed by atoms with Crippen LogP contribution in [0.1, 0.15) is 43.0 Å². The van der Waals surface area contributed by atoms with E-state index in [2.05, 4.69) is 28.8 Å². The molecule has 0 aliphatic rings. The molecule has 2 atom stereocenters. The molecule has 0 heterocycles. The van der Waals surface area contributed by atoms with E-state index in [-0.39, 0.29) is 12.1 Å². The fourth-order valence-corrected chi connectivity index (χ4v) is 1.99. The van der Waals surface area contributed by atoms with Gasteiger partial charge in [-0.1, -0.05) is 29.3 Å². The van der Waals surface area contributed by atoms with Crippen LogP contribution >= 0.6 is 0 Å². The molecule has 0 fully saturated rings. The topological polar surface area (TPSA) is 61.4 Å². The van der Waals surface area contributed by atoms with Crippen molar-refractivity contribution in [3.63, 3.8) is 0 Å². The Kier molecular flexibility index (Phi) is 5.83. The maximum Gasteiger partial charge on any atom is 0.315 e. The van der Waals surface area contributed by atoms with Crippen molar-refractivity contribution in [1.82, 2.24) is 10.6 Å². The SMILES string of the molecule is Cc1cc(C)cc(C(C)NC(=O)NCCC(C)O)c1. The molecule has 4 heteroatoms. The lowest BCUT2D eigenvalue weighted by Crippen LogP contribution is -2.38. The molecule has 1 aromatic rings. The lowest BCUT2D eigenvalue weighted by atomic mass is 10.0. The van der Waals surface area contributed by atoms with Crippen molar-refractivity contribution in [1.29, 1.82) is 0 Å². The number of carbonyl (C=O) groups excluding carboxylic acids is 1. The van der Waals surface area contributed by atoms with Gasteiger partial charge in [0.25, 0.3) is 0 Å². The van der Waals surface area contributed by atoms with Gasteiger partial charge in [-0.05, 0) is 39.7 Å². The first kappa shape index (κ1) is 15.5. The quantitative estimate of drug-likeness (QED) is 0.765. The second-order valence-electron chi connectivity index (χ2n) is 5.18. The van der Waals surface area contributed by atoms with Gasteiger partial charge < -0.3 is 15.7 Å². The summed E-state index contributed by atoms with van der Waals surface area (Å²) in [4.78, 5) is 11.7. The molecule has 19 heavy (non-hydrogen) atoms. The standard InChI is InChI=1S/C15H24N2O2/c1-10-7-11(2)9-14(8-10)13(4)17-15(19)16-6-5-12(3)18/h7-9,12-13,18H,5-6H2,1-4H3,(H2,16,17,19). The van der Waals surface area contributed by atoms with Crippen LogP contribution < -0.4 is 10.6 Å². The number of hydrogen-bond acceptors (Lipinski definition) is 2. The number of nitrogens with one attached hydrogen (secondary N) is 2. The lowest BCUT2D eigenvalue weighted by molar-refractivity contribution is 0.183. The zero-order chi connectivity index (χ0) is 14.4. The minimum atomic E-state index is -0.392. The minimum Gasteiger partial charge on any atom is -0.393 e. The smallest absolute Gasteiger partial charge is 0.315 e. The largest absolute Gasteiger partial charge is 0.393 e. The van der Waals surface area contributed by atoms with E-state index in [1.807, 2.05) is 20.8 Å². The Bertz CT molecular complexity index is 410. The molecule has 2 amide bonds. The summed E-state index contributed by atoms with van der Waals surface area (Å²) < 4.78 is 0. The van der Waals surface area contributed by atoms with Crippen molar-refractivity contribution < 1.29 is 9.90 Å². The Hall–Kier alpha value is -1.55. The van der Waals surface area contributed by atoms with Gasteiger partial charge in [0, 0.05) is 6.54 Å². The molecule has 2 unspecified atom stereocenters. The monoisotopic (exact) mass is 264 g/mol. The second-order valence-corrected chi connectivity index (χ2v) is 5.18. The Balaban J connectivity index is 2.49. The minimum absolute atomic E-state index is 0.0369. The van der Waals surface area contributed by atoms with Gasteiger partial charge in [-0.3, -0.25) is 0 Å². The molecular weight excluding hydrogens is 240 g/mol. The number of hydrogen-bond donors (Lipinski definition) is 3. The Labute approximate surface area is 115 Å². The van der Waals surface area contributed by atoms with Gasteiger partial charge in [-0.2, -0.15) is 0 Å². The molecular formula is C15H24N2O2. The highest BCUT2D eigenvalue weighted by atomic mass is 16.3. The molecule has 106 valence electrons. The third-order valence-corrected chi connectivity index (χ3v) is 2.94. The van der Waals surface area contributed by atoms with Crippen molar-refractivity contribution in [2.45, 2.75) is 46.3 Å². The fraction of sp³-hybridized carbons (Fsp3) is 0.533. The molecule has 0 spiro atoms. The van der Waals surface area contributed by atoms with E-state index in [0.717, 1.165) is 5.56 Å². The first-order chi connectivity index (χ1) is 8.88. The summed E-state index contributed by atoms with van der Waals surface area (Å²) in [7, 11) is 0. The highest BCUT2D eigenvalue weighted by Crippen LogP contribution is 2.16. The predicted octanol–water partition coefficient (Wildman–Crippen LogP) is 2.43. The molecule has 0 radical (unpaired) electrons. The molecule has 4 nitrogen and oxygen atoms in total. The van der Waals surface area contributed by atoms with Crippen LogP contribution in [0.25, 0.3) is 0 Å². The van der Waals surface area contributed by atoms with E-state index >= 15 is 0 Å². The molecule has 1 aromatic carbocycles. The number of aliphatic hydroxyl groups excluding tert-OH is 1. The summed E-state index contributed by atoms with van der Waals surface area (Å²) >= 11 is 0. The van der Waals surface area contributed by atoms with Crippen LogP contribution in [0.3, 0.4) is 0 Å². The van der Waals surface area contributed by atoms with Crippen LogP contribution in [0.5, 0.6) is 0 Å². The number of rotatable bonds is 5. The molecule has 0 bridgehead atoms. The van der Waals surface area contributed by atoms with Crippen molar-refractivity contribution in [2.24, 2.45) is 0 Å². The number of benzene rings is 1. The van der Waals surface area contributed by atoms with E-state index in [1.165, 1.54) is 11.1 Å². The third kappa shape index (κ3) is 5.75. The van der Waals surface area contributed by atoms with Crippen molar-refractivity contribution in [3.05, 3.63) is 34.9 Å². The summed E-state index contributed by atoms with van der Waals surface area (Å²) in [5.74, 6) is 0. The molecule has 3 N–H and O–H groups in total. The van der Waals surface area contributed by atoms with Gasteiger partial charge in [0.05, 0.1) is 12.1 Å². The number of carbonyl (C=O) groups is 1. The molecule has 1 rings (SSSR count). The Morgan fingerprint density at radius 2 is 1.79 bits per heavy atom. The molecule has 0 saturated carbocycles. The van der Waals surface area contributed by atoms with Crippen LogP contribution in [0.15, 0.2) is 18.2 Å². The predicted molar refractivity (Wildman–Crippen MR) is 77.2 cm³/mol. The first-order valence-electron chi connectivity index (χ1n) is 6.69. The van der Waals surface area contributed by atoms with Crippen LogP contribution in [-0.4, -0.2) is 23.8 Å². The van der Waals surface area contributed by atoms with Crippen LogP contribution in [0, 0.1) is 13.8 Å². The average molecular weight is 264 g/mol. The fourth-order valence-electron chi connectivity index (χ4n) is 1.99. The van der Waals surface area contributed by atoms with Gasteiger partial charge in [0.15, 0.2) is 0 Å². The number of amides is 2. The average Bonchev–Trinajstić information content (AvgIpc) is 2.26. The van der Waals surface area contributed by atoms with E-state index in [0.29, 0.717) is 13.0 Å². The van der Waals surface area contributed by atoms with Gasteiger partial charge in [-0.15, -0.1) is 0 Å². The maximum absolute atomic E-state index is 11.7. The highest BCUT2D eigenvalue weighted by molar-refractivity contribution is 5.74. The summed E-state index contributed by atoms with van der Waals surface area (Å²) in [6, 6.07) is 6.03. The van der Waals surface area contributed by atoms with Gasteiger partial charge >= 0.3 is 6.03 Å². The Morgan fingerprint density at radius 1 is 1.21 bits per heavy atom. The summed E-state index contributed by atoms with van der Waals surface area (Å²) in [5, 5.41) is 14.7. The summed E-state index contributed by atoms with van der Waals surface area (Å²) in [6.45, 7) is 8.24. The first-order valence-corrected chi connectivity index (χ1v) is 6.69. The van der Waals surface area contributed by atoms with E-state index in [9.17, 15) is 4.79 Å². The van der Waals surface area contributed by atoms with Gasteiger partial charge in [0.2, 0.25) is 0 Å². The van der Waals surface area contributed by atoms with Crippen molar-refractivity contribution >= 4 is 6.03 Å². The Morgan fingerprint density at radius 3 is 2.32 bits per heavy atom. The van der Waals surface area contributed by atoms with Crippen molar-refractivity contribution in [3.8, 4) is 0 Å². The summed E-state index contributed by atoms with van der Waals surface area (Å²) in [6.07, 6.45) is 0.169. The number of urea groups is 1.